The molecule has 1 N–H and O–H groups in total. The fourth-order valence-corrected chi connectivity index (χ4v) is 4.48. The van der Waals surface area contributed by atoms with Crippen LogP contribution < -0.4 is 34.3 Å². The molecule has 0 aliphatic carbocycles. The summed E-state index contributed by atoms with van der Waals surface area (Å²) in [5, 5.41) is 0. The number of hydrogen-bond donors (Lipinski definition) is 1. The van der Waals surface area contributed by atoms with E-state index in [-0.39, 0.29) is 40.2 Å². The second-order valence-corrected chi connectivity index (χ2v) is 7.64. The SMILES string of the molecule is COc1ccc(-c2cc(=S)ss2)cc1S(=O)(=O)O.[Na+]. The summed E-state index contributed by atoms with van der Waals surface area (Å²) in [6, 6.07) is 6.40. The van der Waals surface area contributed by atoms with E-state index < -0.39 is 10.1 Å². The summed E-state index contributed by atoms with van der Waals surface area (Å²) in [5.74, 6) is 0.111. The molecule has 1 aromatic carbocycles. The predicted octanol–water partition coefficient (Wildman–Crippen LogP) is 0.465. The van der Waals surface area contributed by atoms with Crippen LogP contribution in [0.1, 0.15) is 0 Å². The molecule has 0 bridgehead atoms. The Bertz CT molecular complexity index is 732. The third-order valence-corrected chi connectivity index (χ3v) is 5.97. The van der Waals surface area contributed by atoms with Crippen LogP contribution >= 0.6 is 32.9 Å². The molecule has 0 spiro atoms. The van der Waals surface area contributed by atoms with Gasteiger partial charge in [0.15, 0.2) is 0 Å². The van der Waals surface area contributed by atoms with Gasteiger partial charge in [-0.25, -0.2) is 0 Å². The van der Waals surface area contributed by atoms with Gasteiger partial charge >= 0.3 is 29.6 Å². The molecule has 0 amide bonds. The number of methoxy groups -OCH3 is 1. The number of benzene rings is 1. The molecule has 0 aliphatic rings. The Balaban J connectivity index is 0.00000180. The van der Waals surface area contributed by atoms with Crippen LogP contribution in [0.25, 0.3) is 10.4 Å². The molecule has 0 unspecified atom stereocenters. The first-order chi connectivity index (χ1) is 8.41. The molecular formula is C10H8NaO4S4+. The van der Waals surface area contributed by atoms with Crippen molar-refractivity contribution in [2.24, 2.45) is 0 Å². The van der Waals surface area contributed by atoms with Crippen LogP contribution in [0.5, 0.6) is 5.75 Å². The zero-order valence-electron chi connectivity index (χ0n) is 10.1. The summed E-state index contributed by atoms with van der Waals surface area (Å²) >= 11 is 5.02. The van der Waals surface area contributed by atoms with Crippen molar-refractivity contribution in [1.29, 1.82) is 0 Å². The molecule has 4 nitrogen and oxygen atoms in total. The maximum Gasteiger partial charge on any atom is 1.00 e. The van der Waals surface area contributed by atoms with Crippen molar-refractivity contribution in [2.45, 2.75) is 4.90 Å². The van der Waals surface area contributed by atoms with E-state index in [4.69, 9.17) is 21.5 Å². The first kappa shape index (κ1) is 17.3. The molecule has 9 heteroatoms. The van der Waals surface area contributed by atoms with Crippen LogP contribution in [0, 0.1) is 3.82 Å². The smallest absolute Gasteiger partial charge is 0.495 e. The molecule has 2 aromatic rings. The van der Waals surface area contributed by atoms with Gasteiger partial charge in [0.25, 0.3) is 10.1 Å². The quantitative estimate of drug-likeness (QED) is 0.380. The van der Waals surface area contributed by atoms with Gasteiger partial charge in [-0.15, -0.1) is 0 Å². The van der Waals surface area contributed by atoms with Gasteiger partial charge in [-0.1, -0.05) is 32.9 Å². The molecule has 0 aliphatic heterocycles. The first-order valence-electron chi connectivity index (χ1n) is 4.68. The Morgan fingerprint density at radius 3 is 2.42 bits per heavy atom. The van der Waals surface area contributed by atoms with E-state index in [2.05, 4.69) is 0 Å². The van der Waals surface area contributed by atoms with Crippen LogP contribution in [0.2, 0.25) is 0 Å². The zero-order valence-corrected chi connectivity index (χ0v) is 15.4. The van der Waals surface area contributed by atoms with Crippen LogP contribution in [-0.2, 0) is 10.1 Å². The topological polar surface area (TPSA) is 63.6 Å². The van der Waals surface area contributed by atoms with Gasteiger partial charge in [0.2, 0.25) is 0 Å². The largest absolute Gasteiger partial charge is 1.00 e. The molecule has 0 saturated carbocycles. The van der Waals surface area contributed by atoms with Crippen LogP contribution in [0.15, 0.2) is 29.2 Å². The van der Waals surface area contributed by atoms with Crippen molar-refractivity contribution in [3.63, 3.8) is 0 Å². The predicted molar refractivity (Wildman–Crippen MR) is 74.8 cm³/mol. The van der Waals surface area contributed by atoms with Crippen LogP contribution in [0.4, 0.5) is 0 Å². The number of rotatable bonds is 3. The van der Waals surface area contributed by atoms with E-state index >= 15 is 0 Å². The van der Waals surface area contributed by atoms with E-state index in [9.17, 15) is 8.42 Å². The van der Waals surface area contributed by atoms with Crippen molar-refractivity contribution in [1.82, 2.24) is 0 Å². The van der Waals surface area contributed by atoms with Crippen molar-refractivity contribution in [3.8, 4) is 16.2 Å². The normalized spacial score (nSPS) is 10.8. The zero-order chi connectivity index (χ0) is 13.3. The van der Waals surface area contributed by atoms with Gasteiger partial charge in [-0.05, 0) is 29.8 Å². The van der Waals surface area contributed by atoms with E-state index in [0.717, 1.165) is 8.70 Å². The minimum atomic E-state index is -4.31. The van der Waals surface area contributed by atoms with Gasteiger partial charge in [-0.3, -0.25) is 4.55 Å². The maximum atomic E-state index is 11.3. The molecule has 1 heterocycles. The summed E-state index contributed by atoms with van der Waals surface area (Å²) in [6.45, 7) is 0. The fraction of sp³-hybridized carbons (Fsp3) is 0.100. The van der Waals surface area contributed by atoms with E-state index in [1.807, 2.05) is 0 Å². The van der Waals surface area contributed by atoms with Crippen molar-refractivity contribution in [3.05, 3.63) is 28.1 Å². The van der Waals surface area contributed by atoms with Gasteiger partial charge in [0.05, 0.1) is 7.11 Å². The standard InChI is InChI=1S/C10H8O4S4.Na/c1-14-7-3-2-6(4-9(7)18(11,12)13)8-5-10(15)17-16-8;/h2-5H,1H3,(H,11,12,13);/q;+1. The minimum absolute atomic E-state index is 0. The Morgan fingerprint density at radius 2 is 1.95 bits per heavy atom. The third-order valence-electron chi connectivity index (χ3n) is 2.19. The molecule has 2 rings (SSSR count). The van der Waals surface area contributed by atoms with Crippen LogP contribution in [0.3, 0.4) is 0 Å². The Kier molecular flexibility index (Phi) is 6.15. The summed E-state index contributed by atoms with van der Waals surface area (Å²) in [6.07, 6.45) is 0. The number of ether oxygens (including phenoxy) is 1. The maximum absolute atomic E-state index is 11.3. The van der Waals surface area contributed by atoms with Crippen molar-refractivity contribution in [2.75, 3.05) is 7.11 Å². The fourth-order valence-electron chi connectivity index (χ4n) is 1.40. The minimum Gasteiger partial charge on any atom is -0.495 e. The second-order valence-electron chi connectivity index (χ2n) is 3.33. The Hall–Kier alpha value is 0.200. The molecule has 0 radical (unpaired) electrons. The molecular weight excluding hydrogens is 335 g/mol. The molecule has 1 aromatic heterocycles. The Labute approximate surface area is 145 Å². The summed E-state index contributed by atoms with van der Waals surface area (Å²) in [7, 11) is -0.0753. The first-order valence-corrected chi connectivity index (χ1v) is 8.67. The molecule has 0 atom stereocenters. The van der Waals surface area contributed by atoms with Crippen molar-refractivity contribution < 1.29 is 47.3 Å². The number of hydrogen-bond acceptors (Lipinski definition) is 6. The summed E-state index contributed by atoms with van der Waals surface area (Å²) in [5.41, 5.74) is 0.681. The molecule has 0 saturated heterocycles. The van der Waals surface area contributed by atoms with Crippen molar-refractivity contribution >= 4 is 43.0 Å². The van der Waals surface area contributed by atoms with Gasteiger partial charge < -0.3 is 4.74 Å². The Morgan fingerprint density at radius 1 is 1.26 bits per heavy atom. The average Bonchev–Trinajstić information content (AvgIpc) is 2.74. The second kappa shape index (κ2) is 6.77. The summed E-state index contributed by atoms with van der Waals surface area (Å²) < 4.78 is 37.3. The monoisotopic (exact) mass is 343 g/mol. The molecule has 19 heavy (non-hydrogen) atoms. The third kappa shape index (κ3) is 4.08. The van der Waals surface area contributed by atoms with Gasteiger partial charge in [0.1, 0.15) is 14.5 Å². The van der Waals surface area contributed by atoms with Crippen LogP contribution in [-0.4, -0.2) is 20.1 Å². The van der Waals surface area contributed by atoms with E-state index in [1.54, 1.807) is 12.1 Å². The van der Waals surface area contributed by atoms with Gasteiger partial charge in [-0.2, -0.15) is 8.42 Å². The molecule has 0 fully saturated rings. The molecule has 96 valence electrons. The van der Waals surface area contributed by atoms with Gasteiger partial charge in [0, 0.05) is 4.88 Å². The van der Waals surface area contributed by atoms with E-state index in [0.29, 0.717) is 5.56 Å². The average molecular weight is 343 g/mol. The summed E-state index contributed by atoms with van der Waals surface area (Å²) in [4.78, 5) is 0.615. The van der Waals surface area contributed by atoms with E-state index in [1.165, 1.54) is 39.9 Å².